The first-order valence-electron chi connectivity index (χ1n) is 7.07. The molecule has 6 nitrogen and oxygen atoms in total. The van der Waals surface area contributed by atoms with Gasteiger partial charge in [-0.25, -0.2) is 4.98 Å². The van der Waals surface area contributed by atoms with Crippen LogP contribution in [-0.2, 0) is 0 Å². The number of fused-ring (bicyclic) bond motifs is 1. The van der Waals surface area contributed by atoms with E-state index in [1.807, 2.05) is 13.8 Å². The fourth-order valence-corrected chi connectivity index (χ4v) is 3.04. The van der Waals surface area contributed by atoms with Crippen LogP contribution in [0.25, 0.3) is 10.9 Å². The van der Waals surface area contributed by atoms with Crippen molar-refractivity contribution in [2.75, 3.05) is 5.32 Å². The standard InChI is InChI=1S/C16H15N3O3S/c1-9(2)19-11-6-4-3-5-10(11)13(20)12(15(19)22)14(21)18-16-17-7-8-23-16/h3-9,20H,1-2H3,(H,17,18,21). The lowest BCUT2D eigenvalue weighted by Gasteiger charge is -2.17. The van der Waals surface area contributed by atoms with E-state index in [1.165, 1.54) is 15.9 Å². The first-order chi connectivity index (χ1) is 11.0. The number of hydrogen-bond donors (Lipinski definition) is 2. The Morgan fingerprint density at radius 2 is 2.09 bits per heavy atom. The maximum Gasteiger partial charge on any atom is 0.267 e. The van der Waals surface area contributed by atoms with Gasteiger partial charge >= 0.3 is 0 Å². The van der Waals surface area contributed by atoms with Crippen LogP contribution in [0.2, 0.25) is 0 Å². The molecule has 0 bridgehead atoms. The molecule has 2 aromatic heterocycles. The predicted octanol–water partition coefficient (Wildman–Crippen LogP) is 3.00. The zero-order valence-electron chi connectivity index (χ0n) is 12.6. The average Bonchev–Trinajstić information content (AvgIpc) is 3.00. The molecule has 2 N–H and O–H groups in total. The van der Waals surface area contributed by atoms with Gasteiger partial charge in [0.15, 0.2) is 5.13 Å². The summed E-state index contributed by atoms with van der Waals surface area (Å²) in [7, 11) is 0. The summed E-state index contributed by atoms with van der Waals surface area (Å²) < 4.78 is 1.51. The minimum atomic E-state index is -0.664. The summed E-state index contributed by atoms with van der Waals surface area (Å²) in [6.07, 6.45) is 1.55. The van der Waals surface area contributed by atoms with Crippen molar-refractivity contribution < 1.29 is 9.90 Å². The lowest BCUT2D eigenvalue weighted by atomic mass is 10.1. The van der Waals surface area contributed by atoms with Crippen LogP contribution in [0.1, 0.15) is 30.2 Å². The molecule has 3 rings (SSSR count). The molecule has 0 unspecified atom stereocenters. The second kappa shape index (κ2) is 5.85. The molecule has 0 radical (unpaired) electrons. The Labute approximate surface area is 136 Å². The van der Waals surface area contributed by atoms with Crippen molar-refractivity contribution in [1.82, 2.24) is 9.55 Å². The van der Waals surface area contributed by atoms with Gasteiger partial charge in [0.2, 0.25) is 0 Å². The maximum atomic E-state index is 12.7. The fraction of sp³-hybridized carbons (Fsp3) is 0.188. The molecule has 118 valence electrons. The molecule has 1 amide bonds. The molecule has 0 atom stereocenters. The third kappa shape index (κ3) is 2.59. The molecule has 0 saturated heterocycles. The smallest absolute Gasteiger partial charge is 0.267 e. The highest BCUT2D eigenvalue weighted by Gasteiger charge is 2.23. The largest absolute Gasteiger partial charge is 0.506 e. The fourth-order valence-electron chi connectivity index (χ4n) is 2.51. The summed E-state index contributed by atoms with van der Waals surface area (Å²) in [6.45, 7) is 3.71. The molecular weight excluding hydrogens is 314 g/mol. The van der Waals surface area contributed by atoms with Gasteiger partial charge < -0.3 is 9.67 Å². The lowest BCUT2D eigenvalue weighted by Crippen LogP contribution is -2.30. The third-order valence-electron chi connectivity index (χ3n) is 3.48. The Balaban J connectivity index is 2.24. The molecule has 1 aromatic carbocycles. The van der Waals surface area contributed by atoms with Gasteiger partial charge in [0.05, 0.1) is 5.52 Å². The van der Waals surface area contributed by atoms with Crippen molar-refractivity contribution in [3.8, 4) is 5.75 Å². The Morgan fingerprint density at radius 3 is 2.74 bits per heavy atom. The van der Waals surface area contributed by atoms with Crippen molar-refractivity contribution >= 4 is 33.3 Å². The number of nitrogens with zero attached hydrogens (tertiary/aromatic N) is 2. The van der Waals surface area contributed by atoms with Crippen LogP contribution in [0.15, 0.2) is 40.6 Å². The van der Waals surface area contributed by atoms with E-state index < -0.39 is 11.5 Å². The maximum absolute atomic E-state index is 12.7. The molecule has 0 aliphatic carbocycles. The van der Waals surface area contributed by atoms with Crippen molar-refractivity contribution in [3.63, 3.8) is 0 Å². The van der Waals surface area contributed by atoms with Gasteiger partial charge in [-0.05, 0) is 26.0 Å². The number of carbonyl (C=O) groups excluding carboxylic acids is 1. The van der Waals surface area contributed by atoms with E-state index in [-0.39, 0.29) is 17.4 Å². The van der Waals surface area contributed by atoms with Crippen LogP contribution in [0.3, 0.4) is 0 Å². The highest BCUT2D eigenvalue weighted by atomic mass is 32.1. The Kier molecular flexibility index (Phi) is 3.87. The number of carbonyl (C=O) groups is 1. The van der Waals surface area contributed by atoms with E-state index in [9.17, 15) is 14.7 Å². The van der Waals surface area contributed by atoms with E-state index in [0.29, 0.717) is 16.0 Å². The normalized spacial score (nSPS) is 11.1. The number of pyridine rings is 1. The number of aromatic nitrogens is 2. The van der Waals surface area contributed by atoms with E-state index in [4.69, 9.17) is 0 Å². The van der Waals surface area contributed by atoms with Crippen LogP contribution in [0, 0.1) is 0 Å². The summed E-state index contributed by atoms with van der Waals surface area (Å²) in [5.41, 5.74) is -0.200. The predicted molar refractivity (Wildman–Crippen MR) is 90.3 cm³/mol. The summed E-state index contributed by atoms with van der Waals surface area (Å²) in [5.74, 6) is -0.973. The van der Waals surface area contributed by atoms with Gasteiger partial charge in [-0.15, -0.1) is 11.3 Å². The van der Waals surface area contributed by atoms with E-state index in [2.05, 4.69) is 10.3 Å². The number of hydrogen-bond acceptors (Lipinski definition) is 5. The van der Waals surface area contributed by atoms with E-state index in [0.717, 1.165) is 0 Å². The average molecular weight is 329 g/mol. The quantitative estimate of drug-likeness (QED) is 0.773. The van der Waals surface area contributed by atoms with E-state index in [1.54, 1.807) is 35.8 Å². The second-order valence-electron chi connectivity index (χ2n) is 5.30. The van der Waals surface area contributed by atoms with E-state index >= 15 is 0 Å². The van der Waals surface area contributed by atoms with Gasteiger partial charge in [-0.1, -0.05) is 12.1 Å². The Bertz CT molecular complexity index is 930. The highest BCUT2D eigenvalue weighted by Crippen LogP contribution is 2.28. The molecule has 23 heavy (non-hydrogen) atoms. The molecule has 0 aliphatic heterocycles. The number of aromatic hydroxyl groups is 1. The number of anilines is 1. The van der Waals surface area contributed by atoms with Crippen LogP contribution in [-0.4, -0.2) is 20.6 Å². The Hall–Kier alpha value is -2.67. The van der Waals surface area contributed by atoms with Gasteiger partial charge in [0.25, 0.3) is 11.5 Å². The minimum Gasteiger partial charge on any atom is -0.506 e. The van der Waals surface area contributed by atoms with Crippen LogP contribution >= 0.6 is 11.3 Å². The molecule has 0 aliphatic rings. The molecule has 0 saturated carbocycles. The van der Waals surface area contributed by atoms with Crippen molar-refractivity contribution in [3.05, 3.63) is 51.8 Å². The van der Waals surface area contributed by atoms with Crippen LogP contribution in [0.5, 0.6) is 5.75 Å². The summed E-state index contributed by atoms with van der Waals surface area (Å²) in [6, 6.07) is 6.82. The number of thiazole rings is 1. The van der Waals surface area contributed by atoms with Crippen LogP contribution < -0.4 is 10.9 Å². The van der Waals surface area contributed by atoms with Gasteiger partial charge in [-0.3, -0.25) is 14.9 Å². The first kappa shape index (κ1) is 15.2. The molecule has 0 spiro atoms. The number of rotatable bonds is 3. The molecule has 3 aromatic rings. The van der Waals surface area contributed by atoms with Crippen LogP contribution in [0.4, 0.5) is 5.13 Å². The zero-order valence-corrected chi connectivity index (χ0v) is 13.4. The number of nitrogens with one attached hydrogen (secondary N) is 1. The number of amides is 1. The summed E-state index contributed by atoms with van der Waals surface area (Å²) in [5, 5.41) is 15.5. The SMILES string of the molecule is CC(C)n1c(=O)c(C(=O)Nc2nccs2)c(O)c2ccccc21. The molecule has 0 fully saturated rings. The second-order valence-corrected chi connectivity index (χ2v) is 6.20. The van der Waals surface area contributed by atoms with Crippen molar-refractivity contribution in [1.29, 1.82) is 0 Å². The van der Waals surface area contributed by atoms with Crippen molar-refractivity contribution in [2.45, 2.75) is 19.9 Å². The summed E-state index contributed by atoms with van der Waals surface area (Å²) in [4.78, 5) is 29.2. The third-order valence-corrected chi connectivity index (χ3v) is 4.17. The minimum absolute atomic E-state index is 0.153. The molecule has 2 heterocycles. The Morgan fingerprint density at radius 1 is 1.35 bits per heavy atom. The van der Waals surface area contributed by atoms with Gasteiger partial charge in [-0.2, -0.15) is 0 Å². The first-order valence-corrected chi connectivity index (χ1v) is 7.95. The highest BCUT2D eigenvalue weighted by molar-refractivity contribution is 7.13. The topological polar surface area (TPSA) is 84.2 Å². The number of benzene rings is 1. The van der Waals surface area contributed by atoms with Crippen molar-refractivity contribution in [2.24, 2.45) is 0 Å². The molecule has 7 heteroatoms. The number of para-hydroxylation sites is 1. The molecular formula is C16H15N3O3S. The van der Waals surface area contributed by atoms with Gasteiger partial charge in [0, 0.05) is 23.0 Å². The van der Waals surface area contributed by atoms with Gasteiger partial charge in [0.1, 0.15) is 11.3 Å². The lowest BCUT2D eigenvalue weighted by molar-refractivity contribution is 0.102. The summed E-state index contributed by atoms with van der Waals surface area (Å²) >= 11 is 1.24. The zero-order chi connectivity index (χ0) is 16.6. The monoisotopic (exact) mass is 329 g/mol.